The molecule has 1 aromatic rings. The number of amides is 1. The summed E-state index contributed by atoms with van der Waals surface area (Å²) in [5, 5.41) is 0. The lowest BCUT2D eigenvalue weighted by Gasteiger charge is -2.34. The molecule has 4 nitrogen and oxygen atoms in total. The van der Waals surface area contributed by atoms with E-state index in [1.807, 2.05) is 24.1 Å². The van der Waals surface area contributed by atoms with E-state index < -0.39 is 0 Å². The summed E-state index contributed by atoms with van der Waals surface area (Å²) in [5.74, 6) is 0.605. The second-order valence-corrected chi connectivity index (χ2v) is 6.64. The first-order valence-corrected chi connectivity index (χ1v) is 8.78. The number of carbonyl (C=O) groups excluding carboxylic acids is 1. The van der Waals surface area contributed by atoms with Gasteiger partial charge in [-0.2, -0.15) is 0 Å². The van der Waals surface area contributed by atoms with Gasteiger partial charge < -0.3 is 14.5 Å². The number of piperidine rings is 1. The van der Waals surface area contributed by atoms with E-state index in [1.165, 1.54) is 6.07 Å². The summed E-state index contributed by atoms with van der Waals surface area (Å²) in [5.41, 5.74) is 0.795. The van der Waals surface area contributed by atoms with Crippen LogP contribution in [0.25, 0.3) is 0 Å². The normalized spacial score (nSPS) is 16.3. The van der Waals surface area contributed by atoms with Crippen LogP contribution in [0.3, 0.4) is 0 Å². The third-order valence-electron chi connectivity index (χ3n) is 4.84. The molecule has 0 N–H and O–H groups in total. The van der Waals surface area contributed by atoms with Crippen molar-refractivity contribution < 1.29 is 13.9 Å². The molecular formula is C19H29FN2O2. The average molecular weight is 336 g/mol. The Morgan fingerprint density at radius 3 is 2.71 bits per heavy atom. The van der Waals surface area contributed by atoms with Crippen molar-refractivity contribution in [1.29, 1.82) is 0 Å². The summed E-state index contributed by atoms with van der Waals surface area (Å²) in [6, 6.07) is 7.01. The molecule has 0 atom stereocenters. The Kier molecular flexibility index (Phi) is 7.66. The maximum atomic E-state index is 13.6. The molecule has 1 saturated heterocycles. The molecule has 1 fully saturated rings. The van der Waals surface area contributed by atoms with Crippen molar-refractivity contribution in [3.05, 3.63) is 35.6 Å². The summed E-state index contributed by atoms with van der Waals surface area (Å²) < 4.78 is 18.6. The smallest absolute Gasteiger partial charge is 0.224 e. The zero-order valence-corrected chi connectivity index (χ0v) is 14.8. The summed E-state index contributed by atoms with van der Waals surface area (Å²) in [6.07, 6.45) is 3.40. The van der Waals surface area contributed by atoms with Gasteiger partial charge in [0.2, 0.25) is 5.91 Å². The van der Waals surface area contributed by atoms with Crippen molar-refractivity contribution >= 4 is 5.91 Å². The van der Waals surface area contributed by atoms with E-state index >= 15 is 0 Å². The van der Waals surface area contributed by atoms with Gasteiger partial charge >= 0.3 is 0 Å². The van der Waals surface area contributed by atoms with Gasteiger partial charge in [-0.3, -0.25) is 4.79 Å². The van der Waals surface area contributed by atoms with Crippen molar-refractivity contribution in [2.75, 3.05) is 46.9 Å². The number of hydrogen-bond donors (Lipinski definition) is 0. The van der Waals surface area contributed by atoms with Crippen LogP contribution in [0.5, 0.6) is 0 Å². The Morgan fingerprint density at radius 1 is 1.33 bits per heavy atom. The highest BCUT2D eigenvalue weighted by molar-refractivity contribution is 5.75. The molecule has 1 heterocycles. The quantitative estimate of drug-likeness (QED) is 0.731. The standard InChI is InChI=1S/C19H29FN2O2/c1-21(19(23)10-14-24-2)15-16-7-11-22(12-8-16)13-9-17-5-3-4-6-18(17)20/h3-6,16H,7-15H2,1-2H3. The van der Waals surface area contributed by atoms with Gasteiger partial charge in [0.1, 0.15) is 5.82 Å². The molecule has 0 aliphatic carbocycles. The zero-order chi connectivity index (χ0) is 17.4. The molecule has 0 bridgehead atoms. The van der Waals surface area contributed by atoms with Gasteiger partial charge in [0.15, 0.2) is 0 Å². The maximum Gasteiger partial charge on any atom is 0.224 e. The molecule has 24 heavy (non-hydrogen) atoms. The Labute approximate surface area is 144 Å². The lowest BCUT2D eigenvalue weighted by molar-refractivity contribution is -0.131. The number of nitrogens with zero attached hydrogens (tertiary/aromatic N) is 2. The third kappa shape index (κ3) is 5.87. The Hall–Kier alpha value is -1.46. The summed E-state index contributed by atoms with van der Waals surface area (Å²) in [6.45, 7) is 4.26. The molecule has 1 aliphatic rings. The number of hydrogen-bond acceptors (Lipinski definition) is 3. The molecule has 5 heteroatoms. The van der Waals surface area contributed by atoms with Crippen LogP contribution < -0.4 is 0 Å². The average Bonchev–Trinajstić information content (AvgIpc) is 2.60. The number of likely N-dealkylation sites (tertiary alicyclic amines) is 1. The molecule has 1 aliphatic heterocycles. The predicted octanol–water partition coefficient (Wildman–Crippen LogP) is 2.58. The largest absolute Gasteiger partial charge is 0.384 e. The topological polar surface area (TPSA) is 32.8 Å². The molecular weight excluding hydrogens is 307 g/mol. The summed E-state index contributed by atoms with van der Waals surface area (Å²) in [7, 11) is 3.49. The first-order valence-electron chi connectivity index (χ1n) is 8.78. The highest BCUT2D eigenvalue weighted by Gasteiger charge is 2.22. The van der Waals surface area contributed by atoms with E-state index in [9.17, 15) is 9.18 Å². The van der Waals surface area contributed by atoms with Crippen molar-refractivity contribution in [2.24, 2.45) is 5.92 Å². The van der Waals surface area contributed by atoms with Crippen LogP contribution in [-0.4, -0.2) is 62.7 Å². The van der Waals surface area contributed by atoms with E-state index in [1.54, 1.807) is 13.2 Å². The molecule has 0 saturated carbocycles. The fraction of sp³-hybridized carbons (Fsp3) is 0.632. The van der Waals surface area contributed by atoms with Crippen molar-refractivity contribution in [1.82, 2.24) is 9.80 Å². The first-order chi connectivity index (χ1) is 11.6. The van der Waals surface area contributed by atoms with E-state index in [0.29, 0.717) is 18.9 Å². The number of rotatable bonds is 8. The lowest BCUT2D eigenvalue weighted by Crippen LogP contribution is -2.40. The van der Waals surface area contributed by atoms with Crippen molar-refractivity contribution in [3.8, 4) is 0 Å². The van der Waals surface area contributed by atoms with Gasteiger partial charge in [-0.1, -0.05) is 18.2 Å². The van der Waals surface area contributed by atoms with E-state index in [-0.39, 0.29) is 11.7 Å². The molecule has 1 amide bonds. The van der Waals surface area contributed by atoms with Crippen LogP contribution in [-0.2, 0) is 16.0 Å². The van der Waals surface area contributed by atoms with Gasteiger partial charge in [-0.25, -0.2) is 4.39 Å². The second kappa shape index (κ2) is 9.74. The SMILES string of the molecule is COCCC(=O)N(C)CC1CCN(CCc2ccccc2F)CC1. The van der Waals surface area contributed by atoms with E-state index in [4.69, 9.17) is 4.74 Å². The molecule has 0 aromatic heterocycles. The van der Waals surface area contributed by atoms with E-state index in [2.05, 4.69) is 4.90 Å². The van der Waals surface area contributed by atoms with Crippen molar-refractivity contribution in [2.45, 2.75) is 25.7 Å². The van der Waals surface area contributed by atoms with E-state index in [0.717, 1.165) is 51.0 Å². The fourth-order valence-corrected chi connectivity index (χ4v) is 3.24. The van der Waals surface area contributed by atoms with Crippen LogP contribution >= 0.6 is 0 Å². The predicted molar refractivity (Wildman–Crippen MR) is 93.4 cm³/mol. The number of ether oxygens (including phenoxy) is 1. The minimum atomic E-state index is -0.108. The van der Waals surface area contributed by atoms with Crippen LogP contribution in [0.1, 0.15) is 24.8 Å². The van der Waals surface area contributed by atoms with Crippen LogP contribution in [0.2, 0.25) is 0 Å². The number of benzene rings is 1. The molecule has 0 radical (unpaired) electrons. The van der Waals surface area contributed by atoms with Crippen LogP contribution in [0.4, 0.5) is 4.39 Å². The van der Waals surface area contributed by atoms with Gasteiger partial charge in [0.05, 0.1) is 13.0 Å². The monoisotopic (exact) mass is 336 g/mol. The number of halogens is 1. The fourth-order valence-electron chi connectivity index (χ4n) is 3.24. The molecule has 1 aromatic carbocycles. The third-order valence-corrected chi connectivity index (χ3v) is 4.84. The summed E-state index contributed by atoms with van der Waals surface area (Å²) in [4.78, 5) is 16.2. The minimum absolute atomic E-state index is 0.108. The zero-order valence-electron chi connectivity index (χ0n) is 14.8. The Bertz CT molecular complexity index is 516. The highest BCUT2D eigenvalue weighted by Crippen LogP contribution is 2.19. The number of methoxy groups -OCH3 is 1. The second-order valence-electron chi connectivity index (χ2n) is 6.64. The van der Waals surface area contributed by atoms with Crippen LogP contribution in [0.15, 0.2) is 24.3 Å². The molecule has 0 spiro atoms. The van der Waals surface area contributed by atoms with Gasteiger partial charge in [-0.05, 0) is 49.9 Å². The Balaban J connectivity index is 1.68. The Morgan fingerprint density at radius 2 is 2.04 bits per heavy atom. The molecule has 0 unspecified atom stereocenters. The maximum absolute atomic E-state index is 13.6. The van der Waals surface area contributed by atoms with Gasteiger partial charge in [0, 0.05) is 27.2 Å². The summed E-state index contributed by atoms with van der Waals surface area (Å²) >= 11 is 0. The van der Waals surface area contributed by atoms with Gasteiger partial charge in [-0.15, -0.1) is 0 Å². The molecule has 2 rings (SSSR count). The number of carbonyl (C=O) groups is 1. The van der Waals surface area contributed by atoms with Crippen molar-refractivity contribution in [3.63, 3.8) is 0 Å². The first kappa shape index (κ1) is 18.9. The van der Waals surface area contributed by atoms with Crippen LogP contribution in [0, 0.1) is 11.7 Å². The minimum Gasteiger partial charge on any atom is -0.384 e. The highest BCUT2D eigenvalue weighted by atomic mass is 19.1. The lowest BCUT2D eigenvalue weighted by atomic mass is 9.96. The van der Waals surface area contributed by atoms with Gasteiger partial charge in [0.25, 0.3) is 0 Å². The molecule has 134 valence electrons.